The van der Waals surface area contributed by atoms with Crippen LogP contribution in [0.3, 0.4) is 0 Å². The number of hydrogen-bond acceptors (Lipinski definition) is 5. The van der Waals surface area contributed by atoms with Gasteiger partial charge in [-0.25, -0.2) is 0 Å². The molecule has 2 aromatic rings. The summed E-state index contributed by atoms with van der Waals surface area (Å²) in [6, 6.07) is 14.3. The smallest absolute Gasteiger partial charge is 0.251 e. The summed E-state index contributed by atoms with van der Waals surface area (Å²) < 4.78 is 11.0. The van der Waals surface area contributed by atoms with Crippen molar-refractivity contribution in [1.29, 1.82) is 0 Å². The Hall–Kier alpha value is -3.06. The van der Waals surface area contributed by atoms with E-state index in [0.717, 1.165) is 37.3 Å². The number of nitrogens with one attached hydrogen (secondary N) is 3. The van der Waals surface area contributed by atoms with Crippen molar-refractivity contribution in [2.75, 3.05) is 36.9 Å². The molecule has 0 radical (unpaired) electrons. The second kappa shape index (κ2) is 11.2. The van der Waals surface area contributed by atoms with Crippen LogP contribution >= 0.6 is 0 Å². The van der Waals surface area contributed by atoms with Crippen LogP contribution in [-0.2, 0) is 9.53 Å². The average molecular weight is 412 g/mol. The van der Waals surface area contributed by atoms with Crippen molar-refractivity contribution in [1.82, 2.24) is 5.32 Å². The van der Waals surface area contributed by atoms with Gasteiger partial charge in [-0.05, 0) is 67.8 Å². The van der Waals surface area contributed by atoms with E-state index in [1.54, 1.807) is 24.3 Å². The van der Waals surface area contributed by atoms with Crippen molar-refractivity contribution in [3.8, 4) is 5.75 Å². The van der Waals surface area contributed by atoms with Gasteiger partial charge in [-0.2, -0.15) is 0 Å². The van der Waals surface area contributed by atoms with Gasteiger partial charge in [0.15, 0.2) is 0 Å². The van der Waals surface area contributed by atoms with E-state index in [4.69, 9.17) is 9.47 Å². The topological polar surface area (TPSA) is 88.7 Å². The number of hydrogen-bond donors (Lipinski definition) is 3. The molecule has 2 amide bonds. The van der Waals surface area contributed by atoms with Gasteiger partial charge in [-0.15, -0.1) is 0 Å². The lowest BCUT2D eigenvalue weighted by Crippen LogP contribution is -2.31. The van der Waals surface area contributed by atoms with Crippen molar-refractivity contribution >= 4 is 23.2 Å². The summed E-state index contributed by atoms with van der Waals surface area (Å²) in [4.78, 5) is 24.4. The third-order valence-electron chi connectivity index (χ3n) is 4.73. The predicted molar refractivity (Wildman–Crippen MR) is 117 cm³/mol. The molecule has 1 saturated heterocycles. The number of amides is 2. The van der Waals surface area contributed by atoms with Crippen LogP contribution in [0.15, 0.2) is 48.5 Å². The normalized spacial score (nSPS) is 15.4. The summed E-state index contributed by atoms with van der Waals surface area (Å²) in [6.07, 6.45) is 3.11. The van der Waals surface area contributed by atoms with Crippen molar-refractivity contribution in [2.24, 2.45) is 0 Å². The van der Waals surface area contributed by atoms with Gasteiger partial charge in [0, 0.05) is 30.1 Å². The molecule has 7 nitrogen and oxygen atoms in total. The quantitative estimate of drug-likeness (QED) is 0.557. The summed E-state index contributed by atoms with van der Waals surface area (Å²) in [7, 11) is 0. The zero-order valence-electron chi connectivity index (χ0n) is 17.3. The lowest BCUT2D eigenvalue weighted by Gasteiger charge is -2.11. The zero-order valence-corrected chi connectivity index (χ0v) is 17.3. The maximum Gasteiger partial charge on any atom is 0.251 e. The van der Waals surface area contributed by atoms with Crippen LogP contribution in [0.5, 0.6) is 5.75 Å². The number of carbonyl (C=O) groups is 2. The Kier molecular flexibility index (Phi) is 8.09. The zero-order chi connectivity index (χ0) is 21.2. The van der Waals surface area contributed by atoms with Gasteiger partial charge in [0.05, 0.1) is 19.3 Å². The molecule has 1 heterocycles. The van der Waals surface area contributed by atoms with E-state index in [1.807, 2.05) is 24.3 Å². The Morgan fingerprint density at radius 3 is 2.47 bits per heavy atom. The van der Waals surface area contributed by atoms with E-state index in [2.05, 4.69) is 22.9 Å². The molecule has 0 spiro atoms. The molecule has 1 unspecified atom stereocenters. The van der Waals surface area contributed by atoms with Crippen LogP contribution in [0.4, 0.5) is 11.4 Å². The first kappa shape index (κ1) is 21.6. The van der Waals surface area contributed by atoms with Gasteiger partial charge < -0.3 is 25.4 Å². The summed E-state index contributed by atoms with van der Waals surface area (Å²) in [6.45, 7) is 4.15. The van der Waals surface area contributed by atoms with E-state index < -0.39 is 0 Å². The molecule has 160 valence electrons. The van der Waals surface area contributed by atoms with Crippen molar-refractivity contribution in [2.45, 2.75) is 32.3 Å². The predicted octanol–water partition coefficient (Wildman–Crippen LogP) is 3.43. The van der Waals surface area contributed by atoms with E-state index in [1.165, 1.54) is 0 Å². The number of carbonyl (C=O) groups excluding carboxylic acids is 2. The number of rotatable bonds is 10. The van der Waals surface area contributed by atoms with Crippen molar-refractivity contribution in [3.05, 3.63) is 54.1 Å². The fraction of sp³-hybridized carbons (Fsp3) is 0.391. The minimum Gasteiger partial charge on any atom is -0.494 e. The third-order valence-corrected chi connectivity index (χ3v) is 4.73. The molecule has 2 aromatic carbocycles. The van der Waals surface area contributed by atoms with Crippen molar-refractivity contribution < 1.29 is 19.1 Å². The average Bonchev–Trinajstić information content (AvgIpc) is 3.30. The first-order chi connectivity index (χ1) is 14.6. The number of ether oxygens (including phenoxy) is 2. The van der Waals surface area contributed by atoms with Gasteiger partial charge in [0.1, 0.15) is 5.75 Å². The summed E-state index contributed by atoms with van der Waals surface area (Å²) >= 11 is 0. The van der Waals surface area contributed by atoms with Gasteiger partial charge in [-0.3, -0.25) is 9.59 Å². The molecule has 30 heavy (non-hydrogen) atoms. The molecule has 1 atom stereocenters. The third kappa shape index (κ3) is 6.77. The second-order valence-electron chi connectivity index (χ2n) is 7.20. The highest BCUT2D eigenvalue weighted by atomic mass is 16.5. The first-order valence-corrected chi connectivity index (χ1v) is 10.4. The Morgan fingerprint density at radius 1 is 1.07 bits per heavy atom. The fourth-order valence-corrected chi connectivity index (χ4v) is 3.10. The van der Waals surface area contributed by atoms with Gasteiger partial charge in [0.2, 0.25) is 5.91 Å². The maximum absolute atomic E-state index is 12.2. The Labute approximate surface area is 177 Å². The van der Waals surface area contributed by atoms with Crippen molar-refractivity contribution in [3.63, 3.8) is 0 Å². The summed E-state index contributed by atoms with van der Waals surface area (Å²) in [5.74, 6) is 0.504. The van der Waals surface area contributed by atoms with Gasteiger partial charge >= 0.3 is 0 Å². The Morgan fingerprint density at radius 2 is 1.80 bits per heavy atom. The highest BCUT2D eigenvalue weighted by Crippen LogP contribution is 2.16. The second-order valence-corrected chi connectivity index (χ2v) is 7.20. The standard InChI is InChI=1S/C23H29N3O4/c1-2-13-29-20-11-9-19(10-12-20)26-22(27)16-24-18-7-5-17(6-8-18)23(28)25-15-21-4-3-14-30-21/h5-12,21,24H,2-4,13-16H2,1H3,(H,25,28)(H,26,27). The summed E-state index contributed by atoms with van der Waals surface area (Å²) in [5, 5.41) is 8.79. The minimum absolute atomic E-state index is 0.119. The molecule has 0 saturated carbocycles. The van der Waals surface area contributed by atoms with E-state index in [9.17, 15) is 9.59 Å². The largest absolute Gasteiger partial charge is 0.494 e. The van der Waals surface area contributed by atoms with Gasteiger partial charge in [-0.1, -0.05) is 6.92 Å². The molecule has 3 N–H and O–H groups in total. The summed E-state index contributed by atoms with van der Waals surface area (Å²) in [5.41, 5.74) is 2.06. The fourth-order valence-electron chi connectivity index (χ4n) is 3.10. The van der Waals surface area contributed by atoms with Gasteiger partial charge in [0.25, 0.3) is 5.91 Å². The molecule has 0 aliphatic carbocycles. The van der Waals surface area contributed by atoms with E-state index in [-0.39, 0.29) is 24.5 Å². The van der Waals surface area contributed by atoms with Crippen LogP contribution in [0, 0.1) is 0 Å². The molecule has 1 aliphatic heterocycles. The van der Waals surface area contributed by atoms with Crippen LogP contribution in [0.25, 0.3) is 0 Å². The lowest BCUT2D eigenvalue weighted by molar-refractivity contribution is -0.114. The molecule has 3 rings (SSSR count). The van der Waals surface area contributed by atoms with Crippen LogP contribution in [0.1, 0.15) is 36.5 Å². The maximum atomic E-state index is 12.2. The monoisotopic (exact) mass is 411 g/mol. The SMILES string of the molecule is CCCOc1ccc(NC(=O)CNc2ccc(C(=O)NCC3CCCO3)cc2)cc1. The van der Waals surface area contributed by atoms with Crippen LogP contribution in [-0.4, -0.2) is 44.2 Å². The van der Waals surface area contributed by atoms with E-state index >= 15 is 0 Å². The van der Waals surface area contributed by atoms with Crippen LogP contribution < -0.4 is 20.7 Å². The molecule has 7 heteroatoms. The molecule has 0 aromatic heterocycles. The Balaban J connectivity index is 1.40. The minimum atomic E-state index is -0.157. The van der Waals surface area contributed by atoms with Crippen LogP contribution in [0.2, 0.25) is 0 Å². The highest BCUT2D eigenvalue weighted by Gasteiger charge is 2.16. The molecular weight excluding hydrogens is 382 g/mol. The number of benzene rings is 2. The number of anilines is 2. The highest BCUT2D eigenvalue weighted by molar-refractivity contribution is 5.95. The molecule has 1 aliphatic rings. The molecule has 0 bridgehead atoms. The lowest BCUT2D eigenvalue weighted by atomic mass is 10.2. The van der Waals surface area contributed by atoms with E-state index in [0.29, 0.717) is 24.4 Å². The molecule has 1 fully saturated rings. The first-order valence-electron chi connectivity index (χ1n) is 10.4. The molecular formula is C23H29N3O4. The Bertz CT molecular complexity index is 815.